The lowest BCUT2D eigenvalue weighted by molar-refractivity contribution is 0.396. The second-order valence-corrected chi connectivity index (χ2v) is 8.19. The van der Waals surface area contributed by atoms with Crippen LogP contribution in [0.4, 0.5) is 5.82 Å². The van der Waals surface area contributed by atoms with E-state index in [-0.39, 0.29) is 0 Å². The van der Waals surface area contributed by atoms with Crippen LogP contribution in [0.3, 0.4) is 0 Å². The van der Waals surface area contributed by atoms with Gasteiger partial charge in [-0.25, -0.2) is 9.97 Å². The minimum absolute atomic E-state index is 0.482. The lowest BCUT2D eigenvalue weighted by atomic mass is 10.0. The predicted molar refractivity (Wildman–Crippen MR) is 109 cm³/mol. The zero-order valence-corrected chi connectivity index (χ0v) is 16.1. The van der Waals surface area contributed by atoms with Crippen LogP contribution in [0.25, 0.3) is 17.0 Å². The number of aromatic nitrogens is 3. The van der Waals surface area contributed by atoms with Crippen LogP contribution in [-0.2, 0) is 0 Å². The van der Waals surface area contributed by atoms with Gasteiger partial charge in [-0.15, -0.1) is 0 Å². The maximum absolute atomic E-state index is 4.90. The first-order valence-electron chi connectivity index (χ1n) is 10.1. The largest absolute Gasteiger partial charge is 0.367 e. The topological polar surface area (TPSA) is 54.2 Å². The molecule has 0 spiro atoms. The normalized spacial score (nSPS) is 22.9. The summed E-state index contributed by atoms with van der Waals surface area (Å²) in [6.45, 7) is 5.51. The van der Waals surface area contributed by atoms with E-state index in [0.29, 0.717) is 12.1 Å². The first-order chi connectivity index (χ1) is 13.2. The van der Waals surface area contributed by atoms with Crippen molar-refractivity contribution in [2.24, 2.45) is 0 Å². The maximum atomic E-state index is 4.90. The molecular weight excluding hydrogens is 334 g/mol. The molecule has 0 aromatic carbocycles. The van der Waals surface area contributed by atoms with Crippen LogP contribution in [0.15, 0.2) is 36.7 Å². The summed E-state index contributed by atoms with van der Waals surface area (Å²) in [6.07, 6.45) is 9.11. The Kier molecular flexibility index (Phi) is 4.12. The number of imidazole rings is 1. The quantitative estimate of drug-likeness (QED) is 0.733. The van der Waals surface area contributed by atoms with Crippen molar-refractivity contribution >= 4 is 11.5 Å². The molecule has 0 amide bonds. The van der Waals surface area contributed by atoms with Gasteiger partial charge in [0.1, 0.15) is 11.5 Å². The molecule has 0 radical (unpaired) electrons. The number of fused-ring (bicyclic) bond motifs is 1. The van der Waals surface area contributed by atoms with Crippen LogP contribution in [0.1, 0.15) is 49.7 Å². The van der Waals surface area contributed by atoms with Gasteiger partial charge >= 0.3 is 0 Å². The highest BCUT2D eigenvalue weighted by Gasteiger charge is 2.26. The SMILES string of the molecule is Cc1cc2ncc(-c3cccc(N[C@H]4CCN[C@@H](C)C4)n3)n2cc1C1CC1. The number of piperidine rings is 1. The Morgan fingerprint density at radius 1 is 1.22 bits per heavy atom. The lowest BCUT2D eigenvalue weighted by Gasteiger charge is -2.29. The molecule has 0 bridgehead atoms. The number of anilines is 1. The van der Waals surface area contributed by atoms with E-state index in [2.05, 4.69) is 64.3 Å². The van der Waals surface area contributed by atoms with Crippen molar-refractivity contribution in [1.29, 1.82) is 0 Å². The highest BCUT2D eigenvalue weighted by Crippen LogP contribution is 2.42. The number of rotatable bonds is 4. The lowest BCUT2D eigenvalue weighted by Crippen LogP contribution is -2.41. The molecule has 3 aromatic heterocycles. The van der Waals surface area contributed by atoms with E-state index in [0.717, 1.165) is 48.2 Å². The molecular formula is C22H27N5. The van der Waals surface area contributed by atoms with E-state index in [9.17, 15) is 0 Å². The first-order valence-corrected chi connectivity index (χ1v) is 10.1. The standard InChI is InChI=1S/C22H27N5/c1-14-10-22-24-12-20(27(22)13-18(14)16-6-7-16)19-4-3-5-21(26-19)25-17-8-9-23-15(2)11-17/h3-5,10,12-13,15-17,23H,6-9,11H2,1-2H3,(H,25,26)/t15-,17-/m0/s1. The van der Waals surface area contributed by atoms with Gasteiger partial charge in [-0.2, -0.15) is 0 Å². The minimum Gasteiger partial charge on any atom is -0.367 e. The highest BCUT2D eigenvalue weighted by atomic mass is 15.1. The summed E-state index contributed by atoms with van der Waals surface area (Å²) >= 11 is 0. The molecule has 5 rings (SSSR count). The molecule has 3 aromatic rings. The van der Waals surface area contributed by atoms with E-state index in [1.54, 1.807) is 0 Å². The van der Waals surface area contributed by atoms with E-state index < -0.39 is 0 Å². The molecule has 1 saturated carbocycles. The van der Waals surface area contributed by atoms with Gasteiger partial charge in [0, 0.05) is 18.3 Å². The molecule has 1 saturated heterocycles. The molecule has 2 aliphatic rings. The van der Waals surface area contributed by atoms with Gasteiger partial charge in [-0.1, -0.05) is 6.07 Å². The van der Waals surface area contributed by atoms with Crippen molar-refractivity contribution in [3.63, 3.8) is 0 Å². The smallest absolute Gasteiger partial charge is 0.137 e. The van der Waals surface area contributed by atoms with E-state index >= 15 is 0 Å². The first kappa shape index (κ1) is 16.8. The average molecular weight is 361 g/mol. The monoisotopic (exact) mass is 361 g/mol. The molecule has 1 aliphatic carbocycles. The minimum atomic E-state index is 0.482. The molecule has 140 valence electrons. The molecule has 5 heteroatoms. The molecule has 2 fully saturated rings. The van der Waals surface area contributed by atoms with Gasteiger partial charge in [0.2, 0.25) is 0 Å². The van der Waals surface area contributed by atoms with E-state index in [1.807, 2.05) is 6.20 Å². The number of hydrogen-bond donors (Lipinski definition) is 2. The van der Waals surface area contributed by atoms with Crippen LogP contribution in [0.5, 0.6) is 0 Å². The summed E-state index contributed by atoms with van der Waals surface area (Å²) in [4.78, 5) is 9.53. The molecule has 2 atom stereocenters. The van der Waals surface area contributed by atoms with Crippen LogP contribution in [-0.4, -0.2) is 33.0 Å². The second-order valence-electron chi connectivity index (χ2n) is 8.19. The zero-order valence-electron chi connectivity index (χ0n) is 16.1. The Morgan fingerprint density at radius 2 is 2.11 bits per heavy atom. The van der Waals surface area contributed by atoms with Crippen molar-refractivity contribution in [3.8, 4) is 11.4 Å². The van der Waals surface area contributed by atoms with Gasteiger partial charge in [-0.3, -0.25) is 4.40 Å². The van der Waals surface area contributed by atoms with Gasteiger partial charge in [-0.05, 0) is 81.3 Å². The third-order valence-corrected chi connectivity index (χ3v) is 5.90. The Hall–Kier alpha value is -2.40. The predicted octanol–water partition coefficient (Wildman–Crippen LogP) is 4.13. The fraction of sp³-hybridized carbons (Fsp3) is 0.455. The average Bonchev–Trinajstić information content (AvgIpc) is 3.41. The van der Waals surface area contributed by atoms with E-state index in [1.165, 1.54) is 24.0 Å². The molecule has 2 N–H and O–H groups in total. The maximum Gasteiger partial charge on any atom is 0.137 e. The number of aryl methyl sites for hydroxylation is 1. The van der Waals surface area contributed by atoms with Crippen molar-refractivity contribution < 1.29 is 0 Å². The number of hydrogen-bond acceptors (Lipinski definition) is 4. The molecule has 5 nitrogen and oxygen atoms in total. The Balaban J connectivity index is 1.47. The molecule has 4 heterocycles. The molecule has 0 unspecified atom stereocenters. The summed E-state index contributed by atoms with van der Waals surface area (Å²) < 4.78 is 2.21. The summed E-state index contributed by atoms with van der Waals surface area (Å²) in [5, 5.41) is 7.13. The fourth-order valence-corrected chi connectivity index (χ4v) is 4.28. The third-order valence-electron chi connectivity index (χ3n) is 5.90. The number of nitrogens with zero attached hydrogens (tertiary/aromatic N) is 3. The van der Waals surface area contributed by atoms with Gasteiger partial charge < -0.3 is 10.6 Å². The van der Waals surface area contributed by atoms with Crippen molar-refractivity contribution in [1.82, 2.24) is 19.7 Å². The Labute approximate surface area is 160 Å². The Bertz CT molecular complexity index is 972. The third kappa shape index (κ3) is 3.32. The van der Waals surface area contributed by atoms with Crippen LogP contribution in [0, 0.1) is 6.92 Å². The van der Waals surface area contributed by atoms with Gasteiger partial charge in [0.15, 0.2) is 0 Å². The van der Waals surface area contributed by atoms with Crippen molar-refractivity contribution in [2.45, 2.75) is 57.5 Å². The fourth-order valence-electron chi connectivity index (χ4n) is 4.28. The molecule has 1 aliphatic heterocycles. The summed E-state index contributed by atoms with van der Waals surface area (Å²) in [5.74, 6) is 1.68. The zero-order chi connectivity index (χ0) is 18.4. The number of pyridine rings is 2. The summed E-state index contributed by atoms with van der Waals surface area (Å²) in [5.41, 5.74) is 5.85. The highest BCUT2D eigenvalue weighted by molar-refractivity contribution is 5.63. The Morgan fingerprint density at radius 3 is 2.93 bits per heavy atom. The van der Waals surface area contributed by atoms with Crippen LogP contribution >= 0.6 is 0 Å². The molecule has 27 heavy (non-hydrogen) atoms. The van der Waals surface area contributed by atoms with Crippen LogP contribution < -0.4 is 10.6 Å². The second kappa shape index (κ2) is 6.64. The summed E-state index contributed by atoms with van der Waals surface area (Å²) in [6, 6.07) is 9.48. The number of nitrogens with one attached hydrogen (secondary N) is 2. The van der Waals surface area contributed by atoms with Gasteiger partial charge in [0.05, 0.1) is 17.6 Å². The van der Waals surface area contributed by atoms with Crippen LogP contribution in [0.2, 0.25) is 0 Å². The van der Waals surface area contributed by atoms with E-state index in [4.69, 9.17) is 4.98 Å². The van der Waals surface area contributed by atoms with Crippen molar-refractivity contribution in [3.05, 3.63) is 47.8 Å². The summed E-state index contributed by atoms with van der Waals surface area (Å²) in [7, 11) is 0. The van der Waals surface area contributed by atoms with Gasteiger partial charge in [0.25, 0.3) is 0 Å². The van der Waals surface area contributed by atoms with Crippen molar-refractivity contribution in [2.75, 3.05) is 11.9 Å².